The van der Waals surface area contributed by atoms with Gasteiger partial charge in [0.25, 0.3) is 0 Å². The summed E-state index contributed by atoms with van der Waals surface area (Å²) in [6.07, 6.45) is 0.381. The average Bonchev–Trinajstić information content (AvgIpc) is 2.60. The molecule has 1 amide bonds. The highest BCUT2D eigenvalue weighted by atomic mass is 16.6. The summed E-state index contributed by atoms with van der Waals surface area (Å²) in [6.45, 7) is 0.105. The van der Waals surface area contributed by atoms with E-state index < -0.39 is 16.6 Å². The molecule has 0 heterocycles. The van der Waals surface area contributed by atoms with Crippen LogP contribution in [0.15, 0.2) is 42.5 Å². The predicted octanol–water partition coefficient (Wildman–Crippen LogP) is 2.80. The summed E-state index contributed by atoms with van der Waals surface area (Å²) in [7, 11) is 0. The number of ether oxygens (including phenoxy) is 1. The highest BCUT2D eigenvalue weighted by Gasteiger charge is 2.14. The Morgan fingerprint density at radius 2 is 1.92 bits per heavy atom. The van der Waals surface area contributed by atoms with Crippen molar-refractivity contribution in [2.75, 3.05) is 11.9 Å². The van der Waals surface area contributed by atoms with Crippen molar-refractivity contribution in [3.05, 3.63) is 58.1 Å². The highest BCUT2D eigenvalue weighted by molar-refractivity contribution is 5.95. The third-order valence-corrected chi connectivity index (χ3v) is 3.38. The molecular formula is C17H16N2O7. The van der Waals surface area contributed by atoms with Crippen molar-refractivity contribution in [2.24, 2.45) is 0 Å². The lowest BCUT2D eigenvalue weighted by Crippen LogP contribution is -2.13. The molecule has 0 aliphatic rings. The normalized spacial score (nSPS) is 10.2. The van der Waals surface area contributed by atoms with E-state index >= 15 is 0 Å². The van der Waals surface area contributed by atoms with E-state index in [0.29, 0.717) is 6.42 Å². The van der Waals surface area contributed by atoms with Crippen molar-refractivity contribution in [2.45, 2.75) is 12.8 Å². The van der Waals surface area contributed by atoms with Gasteiger partial charge in [0.2, 0.25) is 5.91 Å². The zero-order valence-corrected chi connectivity index (χ0v) is 13.5. The maximum atomic E-state index is 11.9. The van der Waals surface area contributed by atoms with Gasteiger partial charge in [-0.2, -0.15) is 0 Å². The van der Waals surface area contributed by atoms with E-state index in [0.717, 1.165) is 6.07 Å². The van der Waals surface area contributed by atoms with Gasteiger partial charge in [-0.25, -0.2) is 4.79 Å². The fraction of sp³-hybridized carbons (Fsp3) is 0.176. The molecule has 3 N–H and O–H groups in total. The van der Waals surface area contributed by atoms with E-state index in [2.05, 4.69) is 5.32 Å². The second-order valence-electron chi connectivity index (χ2n) is 5.26. The zero-order chi connectivity index (χ0) is 19.1. The maximum Gasteiger partial charge on any atom is 0.339 e. The quantitative estimate of drug-likeness (QED) is 0.285. The minimum Gasteiger partial charge on any atom is -0.507 e. The Labute approximate surface area is 148 Å². The largest absolute Gasteiger partial charge is 0.507 e. The summed E-state index contributed by atoms with van der Waals surface area (Å²) in [5.41, 5.74) is -0.227. The third kappa shape index (κ3) is 4.94. The Morgan fingerprint density at radius 3 is 2.62 bits per heavy atom. The molecule has 0 unspecified atom stereocenters. The highest BCUT2D eigenvalue weighted by Crippen LogP contribution is 2.26. The number of nitrogens with one attached hydrogen (secondary N) is 1. The number of aromatic hydroxyl groups is 1. The van der Waals surface area contributed by atoms with Crippen LogP contribution in [0.5, 0.6) is 11.5 Å². The molecule has 26 heavy (non-hydrogen) atoms. The molecule has 2 aromatic carbocycles. The Kier molecular flexibility index (Phi) is 6.10. The van der Waals surface area contributed by atoms with Gasteiger partial charge in [0.15, 0.2) is 5.75 Å². The summed E-state index contributed by atoms with van der Waals surface area (Å²) in [5, 5.41) is 31.7. The number of rotatable bonds is 8. The second-order valence-corrected chi connectivity index (χ2v) is 5.26. The monoisotopic (exact) mass is 360 g/mol. The Balaban J connectivity index is 1.84. The summed E-state index contributed by atoms with van der Waals surface area (Å²) >= 11 is 0. The lowest BCUT2D eigenvalue weighted by molar-refractivity contribution is -0.385. The van der Waals surface area contributed by atoms with Gasteiger partial charge in [0, 0.05) is 18.2 Å². The van der Waals surface area contributed by atoms with E-state index in [-0.39, 0.29) is 41.6 Å². The first-order valence-electron chi connectivity index (χ1n) is 7.61. The van der Waals surface area contributed by atoms with Crippen LogP contribution in [0.25, 0.3) is 0 Å². The molecule has 0 aliphatic carbocycles. The summed E-state index contributed by atoms with van der Waals surface area (Å²) < 4.78 is 5.33. The lowest BCUT2D eigenvalue weighted by Gasteiger charge is -2.08. The number of para-hydroxylation sites is 2. The number of amides is 1. The molecule has 0 saturated heterocycles. The molecule has 2 aromatic rings. The van der Waals surface area contributed by atoms with Gasteiger partial charge in [-0.15, -0.1) is 0 Å². The number of carboxylic acids is 1. The van der Waals surface area contributed by atoms with Crippen LogP contribution in [0, 0.1) is 10.1 Å². The van der Waals surface area contributed by atoms with Crippen LogP contribution in [-0.2, 0) is 4.79 Å². The van der Waals surface area contributed by atoms with Gasteiger partial charge in [-0.1, -0.05) is 12.1 Å². The Morgan fingerprint density at radius 1 is 1.19 bits per heavy atom. The fourth-order valence-corrected chi connectivity index (χ4v) is 2.15. The molecule has 9 heteroatoms. The van der Waals surface area contributed by atoms with Crippen LogP contribution >= 0.6 is 0 Å². The average molecular weight is 360 g/mol. The maximum absolute atomic E-state index is 11.9. The number of anilines is 1. The Hall–Kier alpha value is -3.62. The predicted molar refractivity (Wildman–Crippen MR) is 91.5 cm³/mol. The van der Waals surface area contributed by atoms with Crippen LogP contribution in [0.4, 0.5) is 11.4 Å². The molecule has 136 valence electrons. The lowest BCUT2D eigenvalue weighted by atomic mass is 10.1. The molecule has 0 aliphatic heterocycles. The van der Waals surface area contributed by atoms with Gasteiger partial charge < -0.3 is 20.3 Å². The molecule has 0 saturated carbocycles. The third-order valence-electron chi connectivity index (χ3n) is 3.38. The number of hydrogen-bond donors (Lipinski definition) is 3. The van der Waals surface area contributed by atoms with Crippen molar-refractivity contribution in [3.63, 3.8) is 0 Å². The van der Waals surface area contributed by atoms with Crippen LogP contribution in [-0.4, -0.2) is 33.6 Å². The first kappa shape index (κ1) is 18.7. The van der Waals surface area contributed by atoms with Crippen molar-refractivity contribution < 1.29 is 29.5 Å². The van der Waals surface area contributed by atoms with Crippen molar-refractivity contribution in [1.29, 1.82) is 0 Å². The van der Waals surface area contributed by atoms with Crippen LogP contribution in [0.2, 0.25) is 0 Å². The molecular weight excluding hydrogens is 344 g/mol. The van der Waals surface area contributed by atoms with Gasteiger partial charge >= 0.3 is 11.7 Å². The summed E-state index contributed by atoms with van der Waals surface area (Å²) in [5.74, 6) is -1.95. The number of phenols is 1. The molecule has 0 atom stereocenters. The number of carbonyl (C=O) groups excluding carboxylic acids is 1. The van der Waals surface area contributed by atoms with E-state index in [9.17, 15) is 24.8 Å². The molecule has 0 fully saturated rings. The number of carbonyl (C=O) groups is 2. The van der Waals surface area contributed by atoms with Crippen LogP contribution in [0.3, 0.4) is 0 Å². The topological polar surface area (TPSA) is 139 Å². The zero-order valence-electron chi connectivity index (χ0n) is 13.5. The van der Waals surface area contributed by atoms with E-state index in [4.69, 9.17) is 9.84 Å². The number of nitro benzene ring substituents is 1. The molecule has 0 radical (unpaired) electrons. The van der Waals surface area contributed by atoms with Gasteiger partial charge in [0.1, 0.15) is 11.3 Å². The minimum absolute atomic E-state index is 0.0733. The minimum atomic E-state index is -1.31. The van der Waals surface area contributed by atoms with E-state index in [1.807, 2.05) is 0 Å². The molecule has 0 spiro atoms. The SMILES string of the molecule is O=C(CCCOc1ccccc1[N+](=O)[O-])Nc1ccc(O)c(C(=O)O)c1. The summed E-state index contributed by atoms with van der Waals surface area (Å²) in [4.78, 5) is 33.1. The second kappa shape index (κ2) is 8.47. The van der Waals surface area contributed by atoms with Gasteiger partial charge in [0.05, 0.1) is 11.5 Å². The molecule has 0 aromatic heterocycles. The number of carboxylic acid groups (broad SMARTS) is 1. The van der Waals surface area contributed by atoms with Crippen LogP contribution < -0.4 is 10.1 Å². The molecule has 0 bridgehead atoms. The van der Waals surface area contributed by atoms with Crippen molar-refractivity contribution in [1.82, 2.24) is 0 Å². The van der Waals surface area contributed by atoms with Crippen molar-refractivity contribution >= 4 is 23.3 Å². The van der Waals surface area contributed by atoms with Gasteiger partial charge in [-0.05, 0) is 30.7 Å². The number of hydrogen-bond acceptors (Lipinski definition) is 6. The fourth-order valence-electron chi connectivity index (χ4n) is 2.15. The number of benzene rings is 2. The van der Waals surface area contributed by atoms with E-state index in [1.54, 1.807) is 6.07 Å². The smallest absolute Gasteiger partial charge is 0.339 e. The number of aromatic carboxylic acids is 1. The van der Waals surface area contributed by atoms with Crippen molar-refractivity contribution in [3.8, 4) is 11.5 Å². The standard InChI is InChI=1S/C17H16N2O7/c20-14-8-7-11(10-12(14)17(22)23)18-16(21)6-3-9-26-15-5-2-1-4-13(15)19(24)25/h1-2,4-5,7-8,10,20H,3,6,9H2,(H,18,21)(H,22,23). The molecule has 9 nitrogen and oxygen atoms in total. The first-order valence-corrected chi connectivity index (χ1v) is 7.61. The van der Waals surface area contributed by atoms with E-state index in [1.165, 1.54) is 30.3 Å². The molecule has 2 rings (SSSR count). The van der Waals surface area contributed by atoms with Crippen LogP contribution in [0.1, 0.15) is 23.2 Å². The number of nitrogens with zero attached hydrogens (tertiary/aromatic N) is 1. The first-order chi connectivity index (χ1) is 12.4. The summed E-state index contributed by atoms with van der Waals surface area (Å²) in [6, 6.07) is 9.65. The Bertz CT molecular complexity index is 836. The number of nitro groups is 1. The van der Waals surface area contributed by atoms with Gasteiger partial charge in [-0.3, -0.25) is 14.9 Å².